The molecule has 0 spiro atoms. The Hall–Kier alpha value is -2.06. The number of hydrogen-bond acceptors (Lipinski definition) is 2. The van der Waals surface area contributed by atoms with E-state index in [-0.39, 0.29) is 0 Å². The van der Waals surface area contributed by atoms with E-state index < -0.39 is 0 Å². The second-order valence-electron chi connectivity index (χ2n) is 4.81. The molecule has 3 rings (SSSR count). The van der Waals surface area contributed by atoms with Crippen molar-refractivity contribution < 1.29 is 0 Å². The second kappa shape index (κ2) is 5.51. The molecule has 0 aliphatic rings. The molecule has 2 aromatic carbocycles. The quantitative estimate of drug-likeness (QED) is 0.746. The highest BCUT2D eigenvalue weighted by molar-refractivity contribution is 6.30. The van der Waals surface area contributed by atoms with Crippen LogP contribution in [0, 0.1) is 6.92 Å². The van der Waals surface area contributed by atoms with Crippen molar-refractivity contribution in [2.24, 2.45) is 0 Å². The van der Waals surface area contributed by atoms with Crippen molar-refractivity contribution in [2.45, 2.75) is 13.5 Å². The summed E-state index contributed by atoms with van der Waals surface area (Å²) in [5.41, 5.74) is 4.49. The summed E-state index contributed by atoms with van der Waals surface area (Å²) in [5, 5.41) is 5.38. The Labute approximate surface area is 123 Å². The van der Waals surface area contributed by atoms with Crippen molar-refractivity contribution in [2.75, 3.05) is 5.32 Å². The van der Waals surface area contributed by atoms with Gasteiger partial charge in [-0.05, 0) is 42.3 Å². The first-order valence-corrected chi connectivity index (χ1v) is 6.94. The molecule has 0 aliphatic carbocycles. The van der Waals surface area contributed by atoms with Crippen LogP contribution < -0.4 is 5.32 Å². The number of nitrogens with zero attached hydrogens (tertiary/aromatic N) is 1. The zero-order valence-corrected chi connectivity index (χ0v) is 12.0. The molecule has 3 aromatic rings. The standard InChI is InChI=1S/C17H15ClN2/c1-12-10-15(18)8-7-14(12)11-20-16-6-2-4-13-5-3-9-19-17(13)16/h2-10,20H,11H2,1H3. The number of para-hydroxylation sites is 1. The van der Waals surface area contributed by atoms with Crippen molar-refractivity contribution in [1.29, 1.82) is 0 Å². The summed E-state index contributed by atoms with van der Waals surface area (Å²) in [5.74, 6) is 0. The van der Waals surface area contributed by atoms with Crippen molar-refractivity contribution in [3.8, 4) is 0 Å². The van der Waals surface area contributed by atoms with Crippen LogP contribution in [0.3, 0.4) is 0 Å². The molecule has 0 bridgehead atoms. The molecule has 0 aliphatic heterocycles. The van der Waals surface area contributed by atoms with E-state index >= 15 is 0 Å². The SMILES string of the molecule is Cc1cc(Cl)ccc1CNc1cccc2cccnc12. The minimum Gasteiger partial charge on any atom is -0.379 e. The van der Waals surface area contributed by atoms with Crippen molar-refractivity contribution in [3.05, 3.63) is 70.9 Å². The monoisotopic (exact) mass is 282 g/mol. The summed E-state index contributed by atoms with van der Waals surface area (Å²) in [6, 6.07) is 16.2. The van der Waals surface area contributed by atoms with Crippen LogP contribution in [-0.2, 0) is 6.54 Å². The van der Waals surface area contributed by atoms with Gasteiger partial charge in [0.1, 0.15) is 0 Å². The topological polar surface area (TPSA) is 24.9 Å². The summed E-state index contributed by atoms with van der Waals surface area (Å²) in [6.07, 6.45) is 1.82. The van der Waals surface area contributed by atoms with Crippen molar-refractivity contribution in [1.82, 2.24) is 4.98 Å². The van der Waals surface area contributed by atoms with Crippen LogP contribution in [0.25, 0.3) is 10.9 Å². The summed E-state index contributed by atoms with van der Waals surface area (Å²) in [7, 11) is 0. The molecule has 0 saturated heterocycles. The van der Waals surface area contributed by atoms with Gasteiger partial charge in [0.15, 0.2) is 0 Å². The van der Waals surface area contributed by atoms with Crippen LogP contribution in [0.15, 0.2) is 54.7 Å². The van der Waals surface area contributed by atoms with Gasteiger partial charge >= 0.3 is 0 Å². The van der Waals surface area contributed by atoms with Gasteiger partial charge in [0.2, 0.25) is 0 Å². The van der Waals surface area contributed by atoms with E-state index in [0.29, 0.717) is 0 Å². The van der Waals surface area contributed by atoms with Crippen LogP contribution in [-0.4, -0.2) is 4.98 Å². The summed E-state index contributed by atoms with van der Waals surface area (Å²) >= 11 is 5.98. The van der Waals surface area contributed by atoms with Crippen LogP contribution in [0.5, 0.6) is 0 Å². The lowest BCUT2D eigenvalue weighted by molar-refractivity contribution is 1.12. The molecule has 100 valence electrons. The van der Waals surface area contributed by atoms with Crippen LogP contribution in [0.1, 0.15) is 11.1 Å². The zero-order chi connectivity index (χ0) is 13.9. The summed E-state index contributed by atoms with van der Waals surface area (Å²) < 4.78 is 0. The average molecular weight is 283 g/mol. The maximum Gasteiger partial charge on any atom is 0.0933 e. The van der Waals surface area contributed by atoms with E-state index in [1.54, 1.807) is 0 Å². The third-order valence-corrected chi connectivity index (χ3v) is 3.64. The van der Waals surface area contributed by atoms with E-state index in [0.717, 1.165) is 28.2 Å². The van der Waals surface area contributed by atoms with Crippen molar-refractivity contribution >= 4 is 28.2 Å². The minimum absolute atomic E-state index is 0.763. The second-order valence-corrected chi connectivity index (χ2v) is 5.24. The van der Waals surface area contributed by atoms with Gasteiger partial charge in [-0.15, -0.1) is 0 Å². The number of hydrogen-bond donors (Lipinski definition) is 1. The zero-order valence-electron chi connectivity index (χ0n) is 11.2. The van der Waals surface area contributed by atoms with E-state index in [2.05, 4.69) is 41.5 Å². The molecule has 1 aromatic heterocycles. The van der Waals surface area contributed by atoms with Crippen LogP contribution >= 0.6 is 11.6 Å². The Bertz CT molecular complexity index is 748. The molecular weight excluding hydrogens is 268 g/mol. The number of aromatic nitrogens is 1. The fourth-order valence-electron chi connectivity index (χ4n) is 2.29. The fourth-order valence-corrected chi connectivity index (χ4v) is 2.52. The van der Waals surface area contributed by atoms with Gasteiger partial charge in [-0.25, -0.2) is 0 Å². The number of anilines is 1. The molecule has 0 fully saturated rings. The lowest BCUT2D eigenvalue weighted by atomic mass is 10.1. The molecule has 0 atom stereocenters. The molecule has 0 saturated carbocycles. The highest BCUT2D eigenvalue weighted by atomic mass is 35.5. The number of rotatable bonds is 3. The first-order chi connectivity index (χ1) is 9.74. The van der Waals surface area contributed by atoms with Gasteiger partial charge in [-0.1, -0.05) is 35.9 Å². The van der Waals surface area contributed by atoms with E-state index in [1.165, 1.54) is 11.1 Å². The van der Waals surface area contributed by atoms with Crippen LogP contribution in [0.2, 0.25) is 5.02 Å². The number of halogens is 1. The predicted molar refractivity (Wildman–Crippen MR) is 85.3 cm³/mol. The van der Waals surface area contributed by atoms with Gasteiger partial charge in [0.05, 0.1) is 11.2 Å². The number of fused-ring (bicyclic) bond motifs is 1. The molecule has 0 amide bonds. The van der Waals surface area contributed by atoms with Crippen molar-refractivity contribution in [3.63, 3.8) is 0 Å². The number of pyridine rings is 1. The lowest BCUT2D eigenvalue weighted by Crippen LogP contribution is -2.02. The number of aryl methyl sites for hydroxylation is 1. The van der Waals surface area contributed by atoms with E-state index in [9.17, 15) is 0 Å². The molecule has 3 heteroatoms. The van der Waals surface area contributed by atoms with E-state index in [1.807, 2.05) is 30.5 Å². The Kier molecular flexibility index (Phi) is 3.57. The van der Waals surface area contributed by atoms with Gasteiger partial charge in [0, 0.05) is 23.2 Å². The third kappa shape index (κ3) is 2.61. The number of benzene rings is 2. The molecule has 2 nitrogen and oxygen atoms in total. The smallest absolute Gasteiger partial charge is 0.0933 e. The maximum atomic E-state index is 5.98. The summed E-state index contributed by atoms with van der Waals surface area (Å²) in [4.78, 5) is 4.45. The number of nitrogens with one attached hydrogen (secondary N) is 1. The largest absolute Gasteiger partial charge is 0.379 e. The molecule has 20 heavy (non-hydrogen) atoms. The third-order valence-electron chi connectivity index (χ3n) is 3.41. The van der Waals surface area contributed by atoms with Gasteiger partial charge in [-0.2, -0.15) is 0 Å². The minimum atomic E-state index is 0.763. The van der Waals surface area contributed by atoms with Gasteiger partial charge < -0.3 is 5.32 Å². The van der Waals surface area contributed by atoms with Crippen LogP contribution in [0.4, 0.5) is 5.69 Å². The normalized spacial score (nSPS) is 10.7. The molecular formula is C17H15ClN2. The predicted octanol–water partition coefficient (Wildman–Crippen LogP) is 4.81. The van der Waals surface area contributed by atoms with Gasteiger partial charge in [0.25, 0.3) is 0 Å². The Morgan fingerprint density at radius 2 is 1.95 bits per heavy atom. The molecule has 1 heterocycles. The Morgan fingerprint density at radius 1 is 1.10 bits per heavy atom. The average Bonchev–Trinajstić information content (AvgIpc) is 2.46. The molecule has 0 unspecified atom stereocenters. The molecule has 1 N–H and O–H groups in total. The fraction of sp³-hybridized carbons (Fsp3) is 0.118. The Balaban J connectivity index is 1.87. The highest BCUT2D eigenvalue weighted by Gasteiger charge is 2.03. The highest BCUT2D eigenvalue weighted by Crippen LogP contribution is 2.22. The summed E-state index contributed by atoms with van der Waals surface area (Å²) in [6.45, 7) is 2.84. The first kappa shape index (κ1) is 12.9. The lowest BCUT2D eigenvalue weighted by Gasteiger charge is -2.11. The Morgan fingerprint density at radius 3 is 2.80 bits per heavy atom. The maximum absolute atomic E-state index is 5.98. The van der Waals surface area contributed by atoms with Gasteiger partial charge in [-0.3, -0.25) is 4.98 Å². The van der Waals surface area contributed by atoms with E-state index in [4.69, 9.17) is 11.6 Å². The first-order valence-electron chi connectivity index (χ1n) is 6.57. The molecule has 0 radical (unpaired) electrons.